The molecule has 3 heterocycles. The maximum atomic E-state index is 11.3. The number of nitrogens with one attached hydrogen (secondary N) is 4. The van der Waals surface area contributed by atoms with Crippen molar-refractivity contribution in [1.82, 2.24) is 29.9 Å². The molecule has 3 amide bonds. The molecule has 0 atom stereocenters. The molecule has 13 nitrogen and oxygen atoms in total. The molecule has 4 N–H and O–H groups in total. The second kappa shape index (κ2) is 21.5. The van der Waals surface area contributed by atoms with Gasteiger partial charge < -0.3 is 21.3 Å². The Balaban J connectivity index is 0.000000181. The Morgan fingerprint density at radius 2 is 0.963 bits per heavy atom. The second-order valence-corrected chi connectivity index (χ2v) is 11.4. The van der Waals surface area contributed by atoms with Crippen LogP contribution in [-0.4, -0.2) is 65.3 Å². The summed E-state index contributed by atoms with van der Waals surface area (Å²) in [7, 11) is 0. The standard InChI is InChI=1S/C16H13ClN4O.2C10H8ClN3O.C2H6/c17-9-15(22)20-12-6-7-13-14(8-12)18-10-19-16(13)21-11-4-2-1-3-5-11;2*11-4-10(15)14-8-2-1-7-5-12-6-13-9(7)3-8;1-2/h1-8,10H,9H2,(H,20,22)(H,18,19,21);2*1-3,5-6H,4H2,(H,14,15);1-2H3. The van der Waals surface area contributed by atoms with E-state index in [9.17, 15) is 14.4 Å². The first-order valence-corrected chi connectivity index (χ1v) is 18.0. The number of hydrogen-bond acceptors (Lipinski definition) is 10. The molecule has 0 aliphatic carbocycles. The van der Waals surface area contributed by atoms with Gasteiger partial charge in [-0.05, 0) is 66.7 Å². The molecule has 54 heavy (non-hydrogen) atoms. The molecule has 0 bridgehead atoms. The summed E-state index contributed by atoms with van der Waals surface area (Å²) >= 11 is 16.3. The van der Waals surface area contributed by atoms with Crippen molar-refractivity contribution in [3.63, 3.8) is 0 Å². The number of aromatic nitrogens is 6. The Bertz CT molecular complexity index is 2220. The summed E-state index contributed by atoms with van der Waals surface area (Å²) in [5, 5.41) is 14.0. The van der Waals surface area contributed by atoms with Gasteiger partial charge >= 0.3 is 0 Å². The van der Waals surface area contributed by atoms with Crippen LogP contribution in [0.15, 0.2) is 116 Å². The molecule has 0 saturated heterocycles. The van der Waals surface area contributed by atoms with Crippen LogP contribution in [0.5, 0.6) is 0 Å². The number of carbonyl (C=O) groups excluding carboxylic acids is 3. The van der Waals surface area contributed by atoms with E-state index >= 15 is 0 Å². The Labute approximate surface area is 325 Å². The molecule has 0 unspecified atom stereocenters. The lowest BCUT2D eigenvalue weighted by molar-refractivity contribution is -0.114. The lowest BCUT2D eigenvalue weighted by Gasteiger charge is -2.09. The van der Waals surface area contributed by atoms with Crippen molar-refractivity contribution in [1.29, 1.82) is 0 Å². The minimum absolute atomic E-state index is 0.0538. The lowest BCUT2D eigenvalue weighted by atomic mass is 10.2. The molecule has 3 aromatic heterocycles. The molecule has 4 aromatic carbocycles. The maximum absolute atomic E-state index is 11.3. The molecule has 0 aliphatic heterocycles. The number of halogens is 3. The van der Waals surface area contributed by atoms with Gasteiger partial charge in [0.1, 0.15) is 42.4 Å². The SMILES string of the molecule is CC.O=C(CCl)Nc1ccc2c(Nc3ccccc3)ncnc2c1.O=C(CCl)Nc1ccc2cncnc2c1.O=C(CCl)Nc1ccc2cncnc2c1. The zero-order valence-corrected chi connectivity index (χ0v) is 31.4. The van der Waals surface area contributed by atoms with Gasteiger partial charge in [-0.2, -0.15) is 0 Å². The van der Waals surface area contributed by atoms with E-state index in [0.29, 0.717) is 22.9 Å². The maximum Gasteiger partial charge on any atom is 0.239 e. The summed E-state index contributed by atoms with van der Waals surface area (Å²) < 4.78 is 0. The number of carbonyl (C=O) groups is 3. The number of anilines is 5. The van der Waals surface area contributed by atoms with Gasteiger partial charge in [0.15, 0.2) is 0 Å². The minimum Gasteiger partial charge on any atom is -0.340 e. The number of hydrogen-bond donors (Lipinski definition) is 4. The van der Waals surface area contributed by atoms with Gasteiger partial charge in [-0.15, -0.1) is 34.8 Å². The zero-order chi connectivity index (χ0) is 38.7. The van der Waals surface area contributed by atoms with Crippen LogP contribution in [-0.2, 0) is 14.4 Å². The first kappa shape index (κ1) is 40.7. The average molecular weight is 786 g/mol. The third kappa shape index (κ3) is 12.3. The molecule has 7 aromatic rings. The van der Waals surface area contributed by atoms with E-state index in [4.69, 9.17) is 34.8 Å². The highest BCUT2D eigenvalue weighted by Gasteiger charge is 2.07. The van der Waals surface area contributed by atoms with Gasteiger partial charge in [0.25, 0.3) is 0 Å². The predicted octanol–water partition coefficient (Wildman–Crippen LogP) is 8.19. The highest BCUT2D eigenvalue weighted by Crippen LogP contribution is 2.25. The first-order valence-electron chi connectivity index (χ1n) is 16.4. The fourth-order valence-corrected chi connectivity index (χ4v) is 4.78. The normalized spacial score (nSPS) is 10.0. The molecular weight excluding hydrogens is 751 g/mol. The van der Waals surface area contributed by atoms with E-state index in [1.165, 1.54) is 19.0 Å². The molecule has 0 radical (unpaired) electrons. The van der Waals surface area contributed by atoms with Crippen molar-refractivity contribution in [2.45, 2.75) is 13.8 Å². The smallest absolute Gasteiger partial charge is 0.239 e. The van der Waals surface area contributed by atoms with Crippen LogP contribution in [0.4, 0.5) is 28.6 Å². The molecular formula is C38H35Cl3N10O3. The summed E-state index contributed by atoms with van der Waals surface area (Å²) in [6.07, 6.45) is 7.86. The topological polar surface area (TPSA) is 177 Å². The van der Waals surface area contributed by atoms with Crippen molar-refractivity contribution in [2.24, 2.45) is 0 Å². The Morgan fingerprint density at radius 1 is 0.519 bits per heavy atom. The average Bonchev–Trinajstić information content (AvgIpc) is 3.22. The summed E-state index contributed by atoms with van der Waals surface area (Å²) in [6, 6.07) is 26.1. The van der Waals surface area contributed by atoms with Gasteiger partial charge in [-0.1, -0.05) is 32.0 Å². The number of rotatable bonds is 8. The zero-order valence-electron chi connectivity index (χ0n) is 29.1. The van der Waals surface area contributed by atoms with E-state index in [-0.39, 0.29) is 35.4 Å². The monoisotopic (exact) mass is 784 g/mol. The van der Waals surface area contributed by atoms with Crippen LogP contribution >= 0.6 is 34.8 Å². The number of amides is 3. The van der Waals surface area contributed by atoms with Gasteiger partial charge in [0.05, 0.1) is 16.6 Å². The summed E-state index contributed by atoms with van der Waals surface area (Å²) in [5.74, 6) is -0.189. The third-order valence-corrected chi connectivity index (χ3v) is 7.63. The van der Waals surface area contributed by atoms with Crippen LogP contribution in [0.2, 0.25) is 0 Å². The summed E-state index contributed by atoms with van der Waals surface area (Å²) in [4.78, 5) is 57.9. The summed E-state index contributed by atoms with van der Waals surface area (Å²) in [6.45, 7) is 4.00. The number of alkyl halides is 3. The number of fused-ring (bicyclic) bond motifs is 3. The van der Waals surface area contributed by atoms with E-state index < -0.39 is 0 Å². The van der Waals surface area contributed by atoms with Crippen LogP contribution in [0.1, 0.15) is 13.8 Å². The quantitative estimate of drug-likeness (QED) is 0.110. The highest BCUT2D eigenvalue weighted by molar-refractivity contribution is 6.30. The molecule has 16 heteroatoms. The van der Waals surface area contributed by atoms with Crippen molar-refractivity contribution in [2.75, 3.05) is 38.9 Å². The van der Waals surface area contributed by atoms with Crippen LogP contribution in [0.3, 0.4) is 0 Å². The van der Waals surface area contributed by atoms with Crippen LogP contribution < -0.4 is 21.3 Å². The number of benzene rings is 4. The molecule has 0 saturated carbocycles. The molecule has 7 rings (SSSR count). The molecule has 276 valence electrons. The van der Waals surface area contributed by atoms with Crippen LogP contribution in [0.25, 0.3) is 32.7 Å². The largest absolute Gasteiger partial charge is 0.340 e. The molecule has 0 fully saturated rings. The fourth-order valence-electron chi connectivity index (χ4n) is 4.58. The van der Waals surface area contributed by atoms with Crippen LogP contribution in [0, 0.1) is 0 Å². The minimum atomic E-state index is -0.252. The Kier molecular flexibility index (Phi) is 16.2. The van der Waals surface area contributed by atoms with Gasteiger partial charge in [-0.3, -0.25) is 14.4 Å². The van der Waals surface area contributed by atoms with E-state index in [2.05, 4.69) is 51.2 Å². The first-order chi connectivity index (χ1) is 26.3. The third-order valence-electron chi connectivity index (χ3n) is 6.90. The Hall–Kier alpha value is -6.02. The molecule has 0 spiro atoms. The predicted molar refractivity (Wildman–Crippen MR) is 218 cm³/mol. The summed E-state index contributed by atoms with van der Waals surface area (Å²) in [5.41, 5.74) is 5.29. The number of para-hydroxylation sites is 1. The van der Waals surface area contributed by atoms with Crippen molar-refractivity contribution in [3.05, 3.63) is 116 Å². The van der Waals surface area contributed by atoms with Crippen molar-refractivity contribution >= 4 is 114 Å². The lowest BCUT2D eigenvalue weighted by Crippen LogP contribution is -2.12. The fraction of sp³-hybridized carbons (Fsp3) is 0.132. The van der Waals surface area contributed by atoms with Crippen molar-refractivity contribution in [3.8, 4) is 0 Å². The van der Waals surface area contributed by atoms with E-state index in [1.807, 2.05) is 62.4 Å². The van der Waals surface area contributed by atoms with Crippen molar-refractivity contribution < 1.29 is 14.4 Å². The van der Waals surface area contributed by atoms with E-state index in [1.54, 1.807) is 48.8 Å². The van der Waals surface area contributed by atoms with Gasteiger partial charge in [-0.25, -0.2) is 29.9 Å². The highest BCUT2D eigenvalue weighted by atomic mass is 35.5. The molecule has 0 aliphatic rings. The van der Waals surface area contributed by atoms with Gasteiger partial charge in [0, 0.05) is 51.3 Å². The number of nitrogens with zero attached hydrogens (tertiary/aromatic N) is 6. The Morgan fingerprint density at radius 3 is 1.44 bits per heavy atom. The van der Waals surface area contributed by atoms with E-state index in [0.717, 1.165) is 38.4 Å². The second-order valence-electron chi connectivity index (χ2n) is 10.6. The van der Waals surface area contributed by atoms with Gasteiger partial charge in [0.2, 0.25) is 17.7 Å².